The molecule has 0 aromatic carbocycles. The van der Waals surface area contributed by atoms with Crippen LogP contribution in [0.3, 0.4) is 0 Å². The molecule has 2 N–H and O–H groups in total. The van der Waals surface area contributed by atoms with Crippen LogP contribution in [0.2, 0.25) is 5.15 Å². The zero-order valence-corrected chi connectivity index (χ0v) is 8.35. The van der Waals surface area contributed by atoms with Gasteiger partial charge in [0, 0.05) is 5.56 Å². The van der Waals surface area contributed by atoms with Crippen LogP contribution in [-0.2, 0) is 21.1 Å². The number of aromatic nitrogens is 1. The number of hydrogen-bond acceptors (Lipinski definition) is 4. The quantitative estimate of drug-likeness (QED) is 0.784. The predicted octanol–water partition coefficient (Wildman–Crippen LogP) is 0.594. The minimum absolute atomic E-state index is 0.0324. The standard InChI is InChI=1S/C6H6ClFN2O3S/c7-6-4(1-5(8)2-10-6)3-13-14(9,11)12/h1-2H,3H2,(H2,9,11,12). The molecule has 8 heteroatoms. The van der Waals surface area contributed by atoms with E-state index in [1.165, 1.54) is 0 Å². The average molecular weight is 241 g/mol. The lowest BCUT2D eigenvalue weighted by Gasteiger charge is -2.02. The molecule has 0 aliphatic carbocycles. The van der Waals surface area contributed by atoms with E-state index in [4.69, 9.17) is 11.6 Å². The van der Waals surface area contributed by atoms with Gasteiger partial charge in [0.05, 0.1) is 12.8 Å². The fourth-order valence-electron chi connectivity index (χ4n) is 0.711. The Kier molecular flexibility index (Phi) is 3.38. The highest BCUT2D eigenvalue weighted by Gasteiger charge is 2.08. The summed E-state index contributed by atoms with van der Waals surface area (Å²) in [6.07, 6.45) is 0.906. The molecule has 0 saturated carbocycles. The highest BCUT2D eigenvalue weighted by atomic mass is 35.5. The second kappa shape index (κ2) is 4.18. The molecule has 0 atom stereocenters. The maximum Gasteiger partial charge on any atom is 0.333 e. The summed E-state index contributed by atoms with van der Waals surface area (Å²) >= 11 is 5.53. The molecule has 0 fully saturated rings. The number of rotatable bonds is 3. The number of nitrogens with zero attached hydrogens (tertiary/aromatic N) is 1. The molecule has 0 aliphatic rings. The largest absolute Gasteiger partial charge is 0.333 e. The first kappa shape index (κ1) is 11.3. The Morgan fingerprint density at radius 2 is 2.29 bits per heavy atom. The van der Waals surface area contributed by atoms with Gasteiger partial charge in [-0.15, -0.1) is 0 Å². The van der Waals surface area contributed by atoms with E-state index in [9.17, 15) is 12.8 Å². The van der Waals surface area contributed by atoms with Crippen molar-refractivity contribution in [3.8, 4) is 0 Å². The minimum atomic E-state index is -4.06. The third kappa shape index (κ3) is 3.54. The van der Waals surface area contributed by atoms with Gasteiger partial charge in [0.15, 0.2) is 0 Å². The first-order chi connectivity index (χ1) is 6.38. The average Bonchev–Trinajstić information content (AvgIpc) is 2.05. The maximum absolute atomic E-state index is 12.6. The van der Waals surface area contributed by atoms with Gasteiger partial charge in [-0.25, -0.2) is 14.5 Å². The van der Waals surface area contributed by atoms with Gasteiger partial charge < -0.3 is 0 Å². The minimum Gasteiger partial charge on any atom is -0.253 e. The van der Waals surface area contributed by atoms with Crippen LogP contribution in [0.15, 0.2) is 12.3 Å². The van der Waals surface area contributed by atoms with Crippen molar-refractivity contribution in [2.24, 2.45) is 5.14 Å². The van der Waals surface area contributed by atoms with Gasteiger partial charge in [-0.3, -0.25) is 4.18 Å². The predicted molar refractivity (Wildman–Crippen MR) is 47.1 cm³/mol. The van der Waals surface area contributed by atoms with E-state index in [0.717, 1.165) is 12.3 Å². The van der Waals surface area contributed by atoms with Gasteiger partial charge in [-0.05, 0) is 6.07 Å². The topological polar surface area (TPSA) is 82.3 Å². The van der Waals surface area contributed by atoms with Crippen molar-refractivity contribution < 1.29 is 17.0 Å². The number of pyridine rings is 1. The van der Waals surface area contributed by atoms with E-state index >= 15 is 0 Å². The van der Waals surface area contributed by atoms with Crippen LogP contribution in [0.5, 0.6) is 0 Å². The normalized spacial score (nSPS) is 11.6. The van der Waals surface area contributed by atoms with E-state index < -0.39 is 22.7 Å². The number of nitrogens with two attached hydrogens (primary N) is 1. The highest BCUT2D eigenvalue weighted by Crippen LogP contribution is 2.14. The van der Waals surface area contributed by atoms with Crippen molar-refractivity contribution in [1.82, 2.24) is 4.98 Å². The van der Waals surface area contributed by atoms with Gasteiger partial charge in [0.2, 0.25) is 0 Å². The summed E-state index contributed by atoms with van der Waals surface area (Å²) in [6.45, 7) is -0.442. The van der Waals surface area contributed by atoms with E-state index in [-0.39, 0.29) is 10.7 Å². The van der Waals surface area contributed by atoms with Gasteiger partial charge in [0.25, 0.3) is 0 Å². The van der Waals surface area contributed by atoms with Gasteiger partial charge in [-0.1, -0.05) is 11.6 Å². The van der Waals surface area contributed by atoms with Crippen molar-refractivity contribution in [3.05, 3.63) is 28.8 Å². The fraction of sp³-hybridized carbons (Fsp3) is 0.167. The lowest BCUT2D eigenvalue weighted by Crippen LogP contribution is -2.15. The van der Waals surface area contributed by atoms with Gasteiger partial charge in [0.1, 0.15) is 11.0 Å². The summed E-state index contributed by atoms with van der Waals surface area (Å²) in [4.78, 5) is 3.45. The van der Waals surface area contributed by atoms with Crippen LogP contribution < -0.4 is 5.14 Å². The van der Waals surface area contributed by atoms with Crippen molar-refractivity contribution in [1.29, 1.82) is 0 Å². The molecule has 0 unspecified atom stereocenters. The second-order valence-corrected chi connectivity index (χ2v) is 3.94. The lowest BCUT2D eigenvalue weighted by atomic mass is 10.3. The molecular formula is C6H6ClFN2O3S. The third-order valence-electron chi connectivity index (χ3n) is 1.26. The van der Waals surface area contributed by atoms with Crippen LogP contribution in [-0.4, -0.2) is 13.4 Å². The molecule has 1 rings (SSSR count). The van der Waals surface area contributed by atoms with Crippen LogP contribution >= 0.6 is 11.6 Å². The molecular weight excluding hydrogens is 235 g/mol. The number of hydrogen-bond donors (Lipinski definition) is 1. The molecule has 1 aromatic heterocycles. The second-order valence-electron chi connectivity index (χ2n) is 2.36. The first-order valence-electron chi connectivity index (χ1n) is 3.35. The van der Waals surface area contributed by atoms with Crippen LogP contribution in [0, 0.1) is 5.82 Å². The molecule has 0 radical (unpaired) electrons. The Bertz CT molecular complexity index is 437. The Morgan fingerprint density at radius 1 is 1.64 bits per heavy atom. The molecule has 14 heavy (non-hydrogen) atoms. The molecule has 0 aliphatic heterocycles. The summed E-state index contributed by atoms with van der Waals surface area (Å²) in [5, 5.41) is 4.53. The smallest absolute Gasteiger partial charge is 0.253 e. The first-order valence-corrected chi connectivity index (χ1v) is 5.20. The van der Waals surface area contributed by atoms with Crippen LogP contribution in [0.1, 0.15) is 5.56 Å². The van der Waals surface area contributed by atoms with Crippen molar-refractivity contribution in [3.63, 3.8) is 0 Å². The highest BCUT2D eigenvalue weighted by molar-refractivity contribution is 7.84. The lowest BCUT2D eigenvalue weighted by molar-refractivity contribution is 0.307. The van der Waals surface area contributed by atoms with Crippen molar-refractivity contribution in [2.45, 2.75) is 6.61 Å². The maximum atomic E-state index is 12.6. The van der Waals surface area contributed by atoms with Crippen molar-refractivity contribution >= 4 is 21.9 Å². The third-order valence-corrected chi connectivity index (χ3v) is 2.04. The summed E-state index contributed by atoms with van der Waals surface area (Å²) in [5.74, 6) is -0.637. The zero-order valence-electron chi connectivity index (χ0n) is 6.78. The molecule has 0 bridgehead atoms. The summed E-state index contributed by atoms with van der Waals surface area (Å²) in [7, 11) is -4.06. The summed E-state index contributed by atoms with van der Waals surface area (Å²) in [5.41, 5.74) is 0.112. The molecule has 78 valence electrons. The molecule has 0 amide bonds. The van der Waals surface area contributed by atoms with Crippen molar-refractivity contribution in [2.75, 3.05) is 0 Å². The molecule has 5 nitrogen and oxygen atoms in total. The van der Waals surface area contributed by atoms with Crippen LogP contribution in [0.25, 0.3) is 0 Å². The molecule has 0 spiro atoms. The van der Waals surface area contributed by atoms with E-state index in [1.54, 1.807) is 0 Å². The Labute approximate surface area is 84.9 Å². The summed E-state index contributed by atoms with van der Waals surface area (Å²) in [6, 6.07) is 1.01. The zero-order chi connectivity index (χ0) is 10.8. The monoisotopic (exact) mass is 240 g/mol. The number of halogens is 2. The van der Waals surface area contributed by atoms with Gasteiger partial charge in [-0.2, -0.15) is 8.42 Å². The molecule has 0 saturated heterocycles. The SMILES string of the molecule is NS(=O)(=O)OCc1cc(F)cnc1Cl. The Morgan fingerprint density at radius 3 is 2.86 bits per heavy atom. The Balaban J connectivity index is 2.81. The van der Waals surface area contributed by atoms with Crippen LogP contribution in [0.4, 0.5) is 4.39 Å². The molecule has 1 heterocycles. The van der Waals surface area contributed by atoms with E-state index in [2.05, 4.69) is 14.3 Å². The molecule has 1 aromatic rings. The Hall–Kier alpha value is -0.760. The van der Waals surface area contributed by atoms with E-state index in [0.29, 0.717) is 0 Å². The summed E-state index contributed by atoms with van der Waals surface area (Å²) < 4.78 is 37.6. The van der Waals surface area contributed by atoms with Gasteiger partial charge >= 0.3 is 10.3 Å². The fourth-order valence-corrected chi connectivity index (χ4v) is 1.16. The van der Waals surface area contributed by atoms with E-state index in [1.807, 2.05) is 0 Å².